The molecule has 1 aromatic heterocycles. The van der Waals surface area contributed by atoms with Gasteiger partial charge in [-0.1, -0.05) is 0 Å². The molecule has 0 aliphatic heterocycles. The van der Waals surface area contributed by atoms with Gasteiger partial charge in [0.15, 0.2) is 17.3 Å². The van der Waals surface area contributed by atoms with Crippen molar-refractivity contribution in [2.24, 2.45) is 0 Å². The Morgan fingerprint density at radius 1 is 1.30 bits per heavy atom. The SMILES string of the molecule is CC(=O)c1ccc(C(=O)N(CC(F)(F)F)C2CCC2)o1. The zero-order chi connectivity index (χ0) is 14.9. The Bertz CT molecular complexity index is 517. The third-order valence-corrected chi connectivity index (χ3v) is 3.29. The highest BCUT2D eigenvalue weighted by molar-refractivity contribution is 5.95. The molecule has 20 heavy (non-hydrogen) atoms. The van der Waals surface area contributed by atoms with Crippen LogP contribution in [-0.4, -0.2) is 35.4 Å². The second-order valence-electron chi connectivity index (χ2n) is 4.85. The van der Waals surface area contributed by atoms with E-state index in [9.17, 15) is 22.8 Å². The molecule has 1 aliphatic carbocycles. The fourth-order valence-corrected chi connectivity index (χ4v) is 2.04. The Balaban J connectivity index is 2.18. The van der Waals surface area contributed by atoms with Gasteiger partial charge in [0.2, 0.25) is 0 Å². The van der Waals surface area contributed by atoms with E-state index < -0.39 is 24.7 Å². The molecule has 1 amide bonds. The minimum atomic E-state index is -4.46. The van der Waals surface area contributed by atoms with E-state index in [-0.39, 0.29) is 17.3 Å². The van der Waals surface area contributed by atoms with Crippen LogP contribution < -0.4 is 0 Å². The second kappa shape index (κ2) is 5.30. The van der Waals surface area contributed by atoms with Gasteiger partial charge in [0.25, 0.3) is 5.91 Å². The first kappa shape index (κ1) is 14.6. The summed E-state index contributed by atoms with van der Waals surface area (Å²) in [6.45, 7) is -0.0426. The predicted molar refractivity (Wildman–Crippen MR) is 63.4 cm³/mol. The Morgan fingerprint density at radius 2 is 1.90 bits per heavy atom. The number of nitrogens with zero attached hydrogens (tertiary/aromatic N) is 1. The summed E-state index contributed by atoms with van der Waals surface area (Å²) >= 11 is 0. The number of rotatable bonds is 4. The van der Waals surface area contributed by atoms with Crippen LogP contribution in [0.3, 0.4) is 0 Å². The lowest BCUT2D eigenvalue weighted by molar-refractivity contribution is -0.147. The maximum Gasteiger partial charge on any atom is 0.406 e. The number of carbonyl (C=O) groups is 2. The standard InChI is InChI=1S/C13H14F3NO3/c1-8(18)10-5-6-11(20-10)12(19)17(7-13(14,15)16)9-3-2-4-9/h5-6,9H,2-4,7H2,1H3. The number of Topliss-reactive ketones (excluding diaryl/α,β-unsaturated/α-hetero) is 1. The van der Waals surface area contributed by atoms with Gasteiger partial charge in [-0.15, -0.1) is 0 Å². The van der Waals surface area contributed by atoms with Crippen molar-refractivity contribution >= 4 is 11.7 Å². The van der Waals surface area contributed by atoms with Crippen molar-refractivity contribution in [3.8, 4) is 0 Å². The van der Waals surface area contributed by atoms with Crippen molar-refractivity contribution in [3.63, 3.8) is 0 Å². The lowest BCUT2D eigenvalue weighted by atomic mass is 9.91. The molecule has 1 aromatic rings. The number of carbonyl (C=O) groups excluding carboxylic acids is 2. The average molecular weight is 289 g/mol. The number of furan rings is 1. The van der Waals surface area contributed by atoms with Gasteiger partial charge in [0.1, 0.15) is 6.54 Å². The lowest BCUT2D eigenvalue weighted by Gasteiger charge is -2.37. The zero-order valence-corrected chi connectivity index (χ0v) is 10.9. The van der Waals surface area contributed by atoms with Gasteiger partial charge in [-0.25, -0.2) is 0 Å². The van der Waals surface area contributed by atoms with Crippen molar-refractivity contribution < 1.29 is 27.2 Å². The van der Waals surface area contributed by atoms with Crippen LogP contribution in [0, 0.1) is 0 Å². The Labute approximate surface area is 113 Å². The van der Waals surface area contributed by atoms with E-state index >= 15 is 0 Å². The summed E-state index contributed by atoms with van der Waals surface area (Å²) in [6, 6.07) is 2.12. The smallest absolute Gasteiger partial charge is 0.406 e. The Morgan fingerprint density at radius 3 is 2.30 bits per heavy atom. The molecule has 0 aromatic carbocycles. The highest BCUT2D eigenvalue weighted by Gasteiger charge is 2.39. The van der Waals surface area contributed by atoms with Gasteiger partial charge >= 0.3 is 6.18 Å². The molecule has 0 bridgehead atoms. The molecule has 7 heteroatoms. The predicted octanol–water partition coefficient (Wildman–Crippen LogP) is 3.04. The number of amides is 1. The van der Waals surface area contributed by atoms with Crippen LogP contribution in [0.15, 0.2) is 16.5 Å². The minimum absolute atomic E-state index is 0.0334. The third-order valence-electron chi connectivity index (χ3n) is 3.29. The van der Waals surface area contributed by atoms with Gasteiger partial charge in [-0.3, -0.25) is 9.59 Å². The van der Waals surface area contributed by atoms with Crippen molar-refractivity contribution in [2.45, 2.75) is 38.4 Å². The quantitative estimate of drug-likeness (QED) is 0.800. The monoisotopic (exact) mass is 289 g/mol. The molecular formula is C13H14F3NO3. The molecule has 0 atom stereocenters. The summed E-state index contributed by atoms with van der Waals surface area (Å²) in [5.74, 6) is -1.46. The number of hydrogen-bond acceptors (Lipinski definition) is 3. The molecule has 1 heterocycles. The van der Waals surface area contributed by atoms with E-state index in [0.29, 0.717) is 12.8 Å². The molecule has 1 fully saturated rings. The molecule has 0 unspecified atom stereocenters. The van der Waals surface area contributed by atoms with Crippen LogP contribution in [-0.2, 0) is 0 Å². The van der Waals surface area contributed by atoms with E-state index in [1.165, 1.54) is 19.1 Å². The van der Waals surface area contributed by atoms with Crippen molar-refractivity contribution in [2.75, 3.05) is 6.54 Å². The molecule has 110 valence electrons. The van der Waals surface area contributed by atoms with Crippen molar-refractivity contribution in [1.82, 2.24) is 4.90 Å². The zero-order valence-electron chi connectivity index (χ0n) is 10.9. The van der Waals surface area contributed by atoms with Crippen LogP contribution >= 0.6 is 0 Å². The van der Waals surface area contributed by atoms with Gasteiger partial charge in [0, 0.05) is 13.0 Å². The van der Waals surface area contributed by atoms with Crippen LogP contribution in [0.5, 0.6) is 0 Å². The summed E-state index contributed by atoms with van der Waals surface area (Å²) in [7, 11) is 0. The number of hydrogen-bond donors (Lipinski definition) is 0. The summed E-state index contributed by atoms with van der Waals surface area (Å²) in [4.78, 5) is 24.0. The molecule has 4 nitrogen and oxygen atoms in total. The van der Waals surface area contributed by atoms with Crippen LogP contribution in [0.4, 0.5) is 13.2 Å². The Hall–Kier alpha value is -1.79. The molecule has 0 saturated heterocycles. The summed E-state index contributed by atoms with van der Waals surface area (Å²) in [5, 5.41) is 0. The topological polar surface area (TPSA) is 50.5 Å². The molecule has 1 saturated carbocycles. The molecule has 0 spiro atoms. The highest BCUT2D eigenvalue weighted by atomic mass is 19.4. The lowest BCUT2D eigenvalue weighted by Crippen LogP contribution is -2.48. The molecule has 0 N–H and O–H groups in total. The van der Waals surface area contributed by atoms with E-state index in [2.05, 4.69) is 0 Å². The van der Waals surface area contributed by atoms with Gasteiger partial charge in [-0.2, -0.15) is 13.2 Å². The maximum atomic E-state index is 12.6. The summed E-state index contributed by atoms with van der Waals surface area (Å²) in [6.07, 6.45) is -2.53. The highest BCUT2D eigenvalue weighted by Crippen LogP contribution is 2.29. The molecule has 0 radical (unpaired) electrons. The van der Waals surface area contributed by atoms with Crippen LogP contribution in [0.2, 0.25) is 0 Å². The van der Waals surface area contributed by atoms with E-state index in [4.69, 9.17) is 4.42 Å². The second-order valence-corrected chi connectivity index (χ2v) is 4.85. The molecule has 2 rings (SSSR count). The fraction of sp³-hybridized carbons (Fsp3) is 0.538. The maximum absolute atomic E-state index is 12.6. The summed E-state index contributed by atoms with van der Waals surface area (Å²) in [5.41, 5.74) is 0. The minimum Gasteiger partial charge on any atom is -0.448 e. The van der Waals surface area contributed by atoms with Gasteiger partial charge < -0.3 is 9.32 Å². The van der Waals surface area contributed by atoms with Crippen LogP contribution in [0.1, 0.15) is 47.3 Å². The van der Waals surface area contributed by atoms with Crippen molar-refractivity contribution in [3.05, 3.63) is 23.7 Å². The Kier molecular flexibility index (Phi) is 3.87. The normalized spacial score (nSPS) is 15.8. The average Bonchev–Trinajstić information content (AvgIpc) is 2.72. The van der Waals surface area contributed by atoms with Gasteiger partial charge in [0.05, 0.1) is 0 Å². The number of alkyl halides is 3. The first-order valence-electron chi connectivity index (χ1n) is 6.26. The largest absolute Gasteiger partial charge is 0.448 e. The van der Waals surface area contributed by atoms with Crippen molar-refractivity contribution in [1.29, 1.82) is 0 Å². The van der Waals surface area contributed by atoms with Crippen LogP contribution in [0.25, 0.3) is 0 Å². The summed E-state index contributed by atoms with van der Waals surface area (Å²) < 4.78 is 42.7. The number of ketones is 1. The molecular weight excluding hydrogens is 275 g/mol. The third kappa shape index (κ3) is 3.20. The van der Waals surface area contributed by atoms with Gasteiger partial charge in [-0.05, 0) is 31.4 Å². The molecule has 1 aliphatic rings. The first-order valence-corrected chi connectivity index (χ1v) is 6.26. The fourth-order valence-electron chi connectivity index (χ4n) is 2.04. The first-order chi connectivity index (χ1) is 9.28. The number of halogens is 3. The van der Waals surface area contributed by atoms with E-state index in [0.717, 1.165) is 11.3 Å². The van der Waals surface area contributed by atoms with E-state index in [1.807, 2.05) is 0 Å². The van der Waals surface area contributed by atoms with E-state index in [1.54, 1.807) is 0 Å².